The van der Waals surface area contributed by atoms with Crippen molar-refractivity contribution in [2.24, 2.45) is 0 Å². The molecule has 0 bridgehead atoms. The van der Waals surface area contributed by atoms with Gasteiger partial charge in [-0.15, -0.1) is 11.3 Å². The summed E-state index contributed by atoms with van der Waals surface area (Å²) in [5.41, 5.74) is 2.07. The van der Waals surface area contributed by atoms with Crippen LogP contribution in [0.3, 0.4) is 0 Å². The molecule has 1 heterocycles. The summed E-state index contributed by atoms with van der Waals surface area (Å²) >= 11 is 1.71. The molecule has 0 amide bonds. The van der Waals surface area contributed by atoms with Gasteiger partial charge in [0.05, 0.1) is 17.8 Å². The van der Waals surface area contributed by atoms with Gasteiger partial charge in [0.2, 0.25) is 0 Å². The molecule has 0 aliphatic carbocycles. The van der Waals surface area contributed by atoms with Gasteiger partial charge in [0.1, 0.15) is 5.75 Å². The van der Waals surface area contributed by atoms with Crippen molar-refractivity contribution < 1.29 is 4.74 Å². The summed E-state index contributed by atoms with van der Waals surface area (Å²) in [6.07, 6.45) is 0. The van der Waals surface area contributed by atoms with Gasteiger partial charge >= 0.3 is 0 Å². The molecule has 1 aromatic heterocycles. The van der Waals surface area contributed by atoms with Gasteiger partial charge in [-0.2, -0.15) is 0 Å². The highest BCUT2D eigenvalue weighted by molar-refractivity contribution is 7.10. The fraction of sp³-hybridized carbons (Fsp3) is 0.308. The summed E-state index contributed by atoms with van der Waals surface area (Å²) in [4.78, 5) is 4.63. The number of hydrogen-bond acceptors (Lipinski definition) is 3. The fourth-order valence-electron chi connectivity index (χ4n) is 1.53. The van der Waals surface area contributed by atoms with Gasteiger partial charge < -0.3 is 4.74 Å². The molecule has 3 heteroatoms. The molecule has 0 saturated carbocycles. The van der Waals surface area contributed by atoms with E-state index >= 15 is 0 Å². The van der Waals surface area contributed by atoms with Gasteiger partial charge in [-0.3, -0.25) is 0 Å². The lowest BCUT2D eigenvalue weighted by molar-refractivity contribution is 0.416. The van der Waals surface area contributed by atoms with Crippen LogP contribution in [0.1, 0.15) is 24.8 Å². The first-order valence-corrected chi connectivity index (χ1v) is 6.19. The highest BCUT2D eigenvalue weighted by Gasteiger charge is 2.10. The van der Waals surface area contributed by atoms with Gasteiger partial charge in [0, 0.05) is 16.9 Å². The Labute approximate surface area is 99.9 Å². The summed E-state index contributed by atoms with van der Waals surface area (Å²) in [7, 11) is 1.69. The highest BCUT2D eigenvalue weighted by atomic mass is 32.1. The number of hydrogen-bond donors (Lipinski definition) is 0. The molecule has 16 heavy (non-hydrogen) atoms. The van der Waals surface area contributed by atoms with Crippen molar-refractivity contribution in [1.82, 2.24) is 4.98 Å². The normalized spacial score (nSPS) is 10.8. The maximum absolute atomic E-state index is 5.33. The van der Waals surface area contributed by atoms with E-state index in [0.717, 1.165) is 17.0 Å². The average Bonchev–Trinajstić information content (AvgIpc) is 2.78. The van der Waals surface area contributed by atoms with Gasteiger partial charge in [0.15, 0.2) is 0 Å². The van der Waals surface area contributed by atoms with E-state index in [0.29, 0.717) is 5.92 Å². The Bertz CT molecular complexity index is 476. The first-order valence-electron chi connectivity index (χ1n) is 5.31. The molecule has 0 N–H and O–H groups in total. The van der Waals surface area contributed by atoms with Crippen LogP contribution < -0.4 is 4.74 Å². The third-order valence-electron chi connectivity index (χ3n) is 2.40. The van der Waals surface area contributed by atoms with Crippen molar-refractivity contribution in [3.05, 3.63) is 34.7 Å². The van der Waals surface area contributed by atoms with Crippen LogP contribution in [0.15, 0.2) is 29.6 Å². The second-order valence-electron chi connectivity index (χ2n) is 3.93. The second-order valence-corrected chi connectivity index (χ2v) is 4.82. The molecule has 0 aliphatic heterocycles. The molecule has 0 saturated heterocycles. The predicted octanol–water partition coefficient (Wildman–Crippen LogP) is 3.94. The Balaban J connectivity index is 2.42. The van der Waals surface area contributed by atoms with Gasteiger partial charge in [-0.05, 0) is 12.1 Å². The van der Waals surface area contributed by atoms with E-state index in [9.17, 15) is 0 Å². The third-order valence-corrected chi connectivity index (χ3v) is 3.54. The Morgan fingerprint density at radius 2 is 2.00 bits per heavy atom. The van der Waals surface area contributed by atoms with Crippen LogP contribution in [0.4, 0.5) is 0 Å². The summed E-state index contributed by atoms with van der Waals surface area (Å²) in [5, 5.41) is 3.26. The van der Waals surface area contributed by atoms with E-state index in [1.54, 1.807) is 18.4 Å². The van der Waals surface area contributed by atoms with Crippen LogP contribution in [0.5, 0.6) is 5.75 Å². The van der Waals surface area contributed by atoms with E-state index in [4.69, 9.17) is 4.74 Å². The van der Waals surface area contributed by atoms with Gasteiger partial charge in [-0.1, -0.05) is 26.0 Å². The number of nitrogens with zero attached hydrogens (tertiary/aromatic N) is 1. The number of benzene rings is 1. The molecule has 2 rings (SSSR count). The predicted molar refractivity (Wildman–Crippen MR) is 68.2 cm³/mol. The fourth-order valence-corrected chi connectivity index (χ4v) is 2.37. The standard InChI is InChI=1S/C13H15NOS/c1-9(2)13-14-11(8-16-13)10-6-4-5-7-12(10)15-3/h4-9H,1-3H3. The molecule has 2 nitrogen and oxygen atoms in total. The van der Waals surface area contributed by atoms with E-state index in [1.807, 2.05) is 24.3 Å². The van der Waals surface area contributed by atoms with Crippen LogP contribution in [0.2, 0.25) is 0 Å². The van der Waals surface area contributed by atoms with Crippen molar-refractivity contribution >= 4 is 11.3 Å². The molecule has 2 aromatic rings. The van der Waals surface area contributed by atoms with Crippen LogP contribution >= 0.6 is 11.3 Å². The monoisotopic (exact) mass is 233 g/mol. The van der Waals surface area contributed by atoms with Crippen LogP contribution in [-0.2, 0) is 0 Å². The van der Waals surface area contributed by atoms with E-state index in [1.165, 1.54) is 5.01 Å². The number of ether oxygens (including phenoxy) is 1. The molecule has 0 atom stereocenters. The highest BCUT2D eigenvalue weighted by Crippen LogP contribution is 2.32. The summed E-state index contributed by atoms with van der Waals surface area (Å²) in [5.74, 6) is 1.36. The largest absolute Gasteiger partial charge is 0.496 e. The Kier molecular flexibility index (Phi) is 3.25. The molecular formula is C13H15NOS. The lowest BCUT2D eigenvalue weighted by Crippen LogP contribution is -1.89. The number of aromatic nitrogens is 1. The minimum absolute atomic E-state index is 0.480. The molecule has 0 radical (unpaired) electrons. The second kappa shape index (κ2) is 4.66. The van der Waals surface area contributed by atoms with Crippen molar-refractivity contribution in [2.45, 2.75) is 19.8 Å². The molecular weight excluding hydrogens is 218 g/mol. The van der Waals surface area contributed by atoms with Crippen molar-refractivity contribution in [3.63, 3.8) is 0 Å². The van der Waals surface area contributed by atoms with Crippen LogP contribution in [-0.4, -0.2) is 12.1 Å². The topological polar surface area (TPSA) is 22.1 Å². The van der Waals surface area contributed by atoms with Crippen molar-refractivity contribution in [1.29, 1.82) is 0 Å². The average molecular weight is 233 g/mol. The summed E-state index contributed by atoms with van der Waals surface area (Å²) in [6, 6.07) is 7.98. The molecule has 0 aliphatic rings. The first kappa shape index (κ1) is 11.1. The summed E-state index contributed by atoms with van der Waals surface area (Å²) in [6.45, 7) is 4.32. The molecule has 1 aromatic carbocycles. The molecule has 0 unspecified atom stereocenters. The minimum Gasteiger partial charge on any atom is -0.496 e. The Morgan fingerprint density at radius 1 is 1.25 bits per heavy atom. The maximum Gasteiger partial charge on any atom is 0.128 e. The number of methoxy groups -OCH3 is 1. The zero-order valence-electron chi connectivity index (χ0n) is 9.73. The van der Waals surface area contributed by atoms with Gasteiger partial charge in [0.25, 0.3) is 0 Å². The SMILES string of the molecule is COc1ccccc1-c1csc(C(C)C)n1. The van der Waals surface area contributed by atoms with Crippen LogP contribution in [0.25, 0.3) is 11.3 Å². The number of para-hydroxylation sites is 1. The summed E-state index contributed by atoms with van der Waals surface area (Å²) < 4.78 is 5.33. The molecule has 84 valence electrons. The Morgan fingerprint density at radius 3 is 2.62 bits per heavy atom. The van der Waals surface area contributed by atoms with E-state index in [2.05, 4.69) is 24.2 Å². The maximum atomic E-state index is 5.33. The number of rotatable bonds is 3. The smallest absolute Gasteiger partial charge is 0.128 e. The lowest BCUT2D eigenvalue weighted by Gasteiger charge is -2.05. The quantitative estimate of drug-likeness (QED) is 0.801. The lowest BCUT2D eigenvalue weighted by atomic mass is 10.1. The molecule has 0 fully saturated rings. The van der Waals surface area contributed by atoms with Gasteiger partial charge in [-0.25, -0.2) is 4.98 Å². The zero-order valence-corrected chi connectivity index (χ0v) is 10.5. The molecule has 0 spiro atoms. The van der Waals surface area contributed by atoms with E-state index in [-0.39, 0.29) is 0 Å². The van der Waals surface area contributed by atoms with Crippen LogP contribution in [0, 0.1) is 0 Å². The minimum atomic E-state index is 0.480. The zero-order chi connectivity index (χ0) is 11.5. The van der Waals surface area contributed by atoms with E-state index < -0.39 is 0 Å². The third kappa shape index (κ3) is 2.09. The number of thiazole rings is 1. The van der Waals surface area contributed by atoms with Crippen molar-refractivity contribution in [3.8, 4) is 17.0 Å². The first-order chi connectivity index (χ1) is 7.72. The van der Waals surface area contributed by atoms with Crippen molar-refractivity contribution in [2.75, 3.05) is 7.11 Å². The Hall–Kier alpha value is -1.35.